The van der Waals surface area contributed by atoms with Crippen LogP contribution in [-0.2, 0) is 14.6 Å². The number of sulfone groups is 1. The lowest BCUT2D eigenvalue weighted by Crippen LogP contribution is -2.14. The Bertz CT molecular complexity index is 304. The largest absolute Gasteiger partial charge is 0.319 e. The molecule has 0 aromatic carbocycles. The number of amides is 1. The molecule has 0 radical (unpaired) electrons. The molecule has 1 rings (SSSR count). The summed E-state index contributed by atoms with van der Waals surface area (Å²) in [4.78, 5) is 10.6. The molecule has 0 spiro atoms. The third kappa shape index (κ3) is 2.94. The van der Waals surface area contributed by atoms with Crippen molar-refractivity contribution in [3.63, 3.8) is 0 Å². The standard InChI is InChI=1S/C5H7NO3S2/c1-11(8,9)3-5-6-4(7)2-10-5/h3H,2H2,1H3,(H,6,7)/b5-3-. The highest BCUT2D eigenvalue weighted by Gasteiger charge is 2.16. The fourth-order valence-corrected chi connectivity index (χ4v) is 2.40. The Kier molecular flexibility index (Phi) is 2.24. The fraction of sp³-hybridized carbons (Fsp3) is 0.400. The van der Waals surface area contributed by atoms with Gasteiger partial charge in [-0.05, 0) is 0 Å². The molecule has 62 valence electrons. The third-order valence-corrected chi connectivity index (χ3v) is 2.69. The summed E-state index contributed by atoms with van der Waals surface area (Å²) < 4.78 is 21.3. The molecule has 1 saturated heterocycles. The molecular formula is C5H7NO3S2. The van der Waals surface area contributed by atoms with Crippen LogP contribution in [0.1, 0.15) is 0 Å². The lowest BCUT2D eigenvalue weighted by molar-refractivity contribution is -0.117. The van der Waals surface area contributed by atoms with Gasteiger partial charge >= 0.3 is 0 Å². The van der Waals surface area contributed by atoms with Gasteiger partial charge in [-0.3, -0.25) is 4.79 Å². The Morgan fingerprint density at radius 2 is 2.27 bits per heavy atom. The van der Waals surface area contributed by atoms with Gasteiger partial charge in [0.1, 0.15) is 0 Å². The van der Waals surface area contributed by atoms with E-state index in [0.717, 1.165) is 11.7 Å². The summed E-state index contributed by atoms with van der Waals surface area (Å²) in [7, 11) is -3.13. The summed E-state index contributed by atoms with van der Waals surface area (Å²) in [5, 5.41) is 3.89. The predicted molar refractivity (Wildman–Crippen MR) is 43.5 cm³/mol. The van der Waals surface area contributed by atoms with Crippen molar-refractivity contribution in [2.24, 2.45) is 0 Å². The number of hydrogen-bond donors (Lipinski definition) is 1. The molecule has 6 heteroatoms. The average molecular weight is 193 g/mol. The van der Waals surface area contributed by atoms with Crippen LogP contribution in [0.3, 0.4) is 0 Å². The van der Waals surface area contributed by atoms with Gasteiger partial charge in [0.05, 0.1) is 16.2 Å². The molecule has 0 atom stereocenters. The fourth-order valence-electron chi connectivity index (χ4n) is 0.611. The van der Waals surface area contributed by atoms with E-state index in [-0.39, 0.29) is 5.91 Å². The number of rotatable bonds is 1. The lowest BCUT2D eigenvalue weighted by Gasteiger charge is -1.92. The van der Waals surface area contributed by atoms with Crippen molar-refractivity contribution in [1.29, 1.82) is 0 Å². The van der Waals surface area contributed by atoms with E-state index >= 15 is 0 Å². The van der Waals surface area contributed by atoms with Crippen molar-refractivity contribution in [1.82, 2.24) is 5.32 Å². The zero-order chi connectivity index (χ0) is 8.48. The molecular weight excluding hydrogens is 186 g/mol. The van der Waals surface area contributed by atoms with Gasteiger partial charge < -0.3 is 5.32 Å². The van der Waals surface area contributed by atoms with Crippen molar-refractivity contribution in [3.05, 3.63) is 10.4 Å². The Balaban J connectivity index is 2.78. The van der Waals surface area contributed by atoms with Crippen molar-refractivity contribution >= 4 is 27.5 Å². The van der Waals surface area contributed by atoms with Crippen molar-refractivity contribution in [3.8, 4) is 0 Å². The lowest BCUT2D eigenvalue weighted by atomic mass is 10.7. The van der Waals surface area contributed by atoms with Crippen LogP contribution in [0.4, 0.5) is 0 Å². The Labute approximate surface area is 69.0 Å². The van der Waals surface area contributed by atoms with E-state index in [2.05, 4.69) is 5.32 Å². The predicted octanol–water partition coefficient (Wildman–Crippen LogP) is -0.307. The first-order valence-corrected chi connectivity index (χ1v) is 5.76. The molecule has 0 unspecified atom stereocenters. The number of hydrogen-bond acceptors (Lipinski definition) is 4. The van der Waals surface area contributed by atoms with Crippen LogP contribution in [-0.4, -0.2) is 26.3 Å². The second-order valence-electron chi connectivity index (χ2n) is 2.15. The summed E-state index contributed by atoms with van der Waals surface area (Å²) in [6.07, 6.45) is 1.09. The highest BCUT2D eigenvalue weighted by Crippen LogP contribution is 2.19. The first-order valence-electron chi connectivity index (χ1n) is 2.82. The molecule has 1 aliphatic rings. The highest BCUT2D eigenvalue weighted by molar-refractivity contribution is 8.05. The maximum absolute atomic E-state index is 10.7. The van der Waals surface area contributed by atoms with Crippen LogP contribution in [0.5, 0.6) is 0 Å². The molecule has 11 heavy (non-hydrogen) atoms. The van der Waals surface area contributed by atoms with E-state index in [4.69, 9.17) is 0 Å². The van der Waals surface area contributed by atoms with E-state index < -0.39 is 9.84 Å². The van der Waals surface area contributed by atoms with Gasteiger partial charge in [-0.1, -0.05) is 11.8 Å². The minimum Gasteiger partial charge on any atom is -0.319 e. The quantitative estimate of drug-likeness (QED) is 0.620. The first kappa shape index (κ1) is 8.61. The summed E-state index contributed by atoms with van der Waals surface area (Å²) in [6.45, 7) is 0. The van der Waals surface area contributed by atoms with Crippen molar-refractivity contribution in [2.45, 2.75) is 0 Å². The molecule has 0 aliphatic carbocycles. The van der Waals surface area contributed by atoms with E-state index in [0.29, 0.717) is 10.8 Å². The van der Waals surface area contributed by atoms with E-state index in [1.807, 2.05) is 0 Å². The normalized spacial score (nSPS) is 22.3. The molecule has 0 aromatic heterocycles. The second-order valence-corrected chi connectivity index (χ2v) is 5.06. The van der Waals surface area contributed by atoms with Gasteiger partial charge in [-0.15, -0.1) is 0 Å². The van der Waals surface area contributed by atoms with Crippen LogP contribution < -0.4 is 5.32 Å². The Morgan fingerprint density at radius 3 is 2.64 bits per heavy atom. The SMILES string of the molecule is CS(=O)(=O)/C=C1/NC(=O)CS1. The number of thioether (sulfide) groups is 1. The third-order valence-electron chi connectivity index (χ3n) is 0.942. The molecule has 1 fully saturated rings. The minimum absolute atomic E-state index is 0.148. The Morgan fingerprint density at radius 1 is 1.64 bits per heavy atom. The van der Waals surface area contributed by atoms with Crippen molar-refractivity contribution < 1.29 is 13.2 Å². The summed E-state index contributed by atoms with van der Waals surface area (Å²) >= 11 is 1.20. The molecule has 4 nitrogen and oxygen atoms in total. The van der Waals surface area contributed by atoms with Crippen LogP contribution in [0.15, 0.2) is 10.4 Å². The maximum Gasteiger partial charge on any atom is 0.235 e. The van der Waals surface area contributed by atoms with Crippen molar-refractivity contribution in [2.75, 3.05) is 12.0 Å². The number of carbonyl (C=O) groups excluding carboxylic acids is 1. The number of carbonyl (C=O) groups is 1. The molecule has 1 heterocycles. The van der Waals surface area contributed by atoms with Gasteiger partial charge in [0.15, 0.2) is 9.84 Å². The summed E-state index contributed by atoms with van der Waals surface area (Å²) in [5.74, 6) is 0.159. The van der Waals surface area contributed by atoms with Crippen LogP contribution in [0, 0.1) is 0 Å². The molecule has 0 aromatic rings. The van der Waals surface area contributed by atoms with Gasteiger partial charge in [0.2, 0.25) is 5.91 Å². The van der Waals surface area contributed by atoms with E-state index in [1.54, 1.807) is 0 Å². The topological polar surface area (TPSA) is 63.2 Å². The van der Waals surface area contributed by atoms with Gasteiger partial charge in [-0.25, -0.2) is 8.42 Å². The Hall–Kier alpha value is -0.490. The maximum atomic E-state index is 10.7. The smallest absolute Gasteiger partial charge is 0.235 e. The zero-order valence-corrected chi connectivity index (χ0v) is 7.46. The summed E-state index contributed by atoms with van der Waals surface area (Å²) in [5.41, 5.74) is 0. The van der Waals surface area contributed by atoms with Gasteiger partial charge in [0, 0.05) is 6.26 Å². The highest BCUT2D eigenvalue weighted by atomic mass is 32.2. The molecule has 1 N–H and O–H groups in total. The average Bonchev–Trinajstić information content (AvgIpc) is 2.10. The molecule has 0 saturated carbocycles. The van der Waals surface area contributed by atoms with E-state index in [9.17, 15) is 13.2 Å². The monoisotopic (exact) mass is 193 g/mol. The zero-order valence-electron chi connectivity index (χ0n) is 5.83. The molecule has 1 aliphatic heterocycles. The first-order chi connectivity index (χ1) is 4.97. The van der Waals surface area contributed by atoms with Crippen LogP contribution >= 0.6 is 11.8 Å². The number of nitrogens with one attached hydrogen (secondary N) is 1. The van der Waals surface area contributed by atoms with Crippen LogP contribution in [0.2, 0.25) is 0 Å². The van der Waals surface area contributed by atoms with Gasteiger partial charge in [0.25, 0.3) is 0 Å². The minimum atomic E-state index is -3.13. The molecule has 1 amide bonds. The van der Waals surface area contributed by atoms with Crippen LogP contribution in [0.25, 0.3) is 0 Å². The second kappa shape index (κ2) is 2.86. The van der Waals surface area contributed by atoms with Gasteiger partial charge in [-0.2, -0.15) is 0 Å². The van der Waals surface area contributed by atoms with E-state index in [1.165, 1.54) is 11.8 Å². The molecule has 0 bridgehead atoms. The summed E-state index contributed by atoms with van der Waals surface area (Å²) in [6, 6.07) is 0.